The summed E-state index contributed by atoms with van der Waals surface area (Å²) >= 11 is 0. The van der Waals surface area contributed by atoms with E-state index in [1.165, 1.54) is 18.2 Å². The summed E-state index contributed by atoms with van der Waals surface area (Å²) in [6.45, 7) is 9.07. The molecular weight excluding hydrogens is 531 g/mol. The number of anilines is 1. The van der Waals surface area contributed by atoms with Gasteiger partial charge in [-0.3, -0.25) is 4.98 Å². The molecule has 0 spiro atoms. The van der Waals surface area contributed by atoms with Gasteiger partial charge < -0.3 is 19.5 Å². The first-order chi connectivity index (χ1) is 19.5. The third kappa shape index (κ3) is 5.23. The van der Waals surface area contributed by atoms with Gasteiger partial charge in [0.05, 0.1) is 28.0 Å². The average Bonchev–Trinajstić information content (AvgIpc) is 3.24. The van der Waals surface area contributed by atoms with Crippen molar-refractivity contribution in [1.29, 1.82) is 0 Å². The lowest BCUT2D eigenvalue weighted by Gasteiger charge is -2.37. The van der Waals surface area contributed by atoms with E-state index in [9.17, 15) is 18.0 Å². The number of piperidine rings is 1. The van der Waals surface area contributed by atoms with Crippen molar-refractivity contribution in [3.8, 4) is 22.5 Å². The summed E-state index contributed by atoms with van der Waals surface area (Å²) in [5.74, 6) is -1.64. The molecule has 2 aromatic carbocycles. The maximum atomic E-state index is 14.6. The summed E-state index contributed by atoms with van der Waals surface area (Å²) in [4.78, 5) is 24.1. The number of pyridine rings is 1. The Morgan fingerprint density at radius 3 is 2.46 bits per heavy atom. The average molecular weight is 564 g/mol. The first kappa shape index (κ1) is 27.1. The molecule has 1 saturated heterocycles. The number of hydrogen-bond donors (Lipinski definition) is 1. The highest BCUT2D eigenvalue weighted by molar-refractivity contribution is 5.93. The van der Waals surface area contributed by atoms with E-state index in [2.05, 4.69) is 10.2 Å². The molecule has 41 heavy (non-hydrogen) atoms. The summed E-state index contributed by atoms with van der Waals surface area (Å²) in [6.07, 6.45) is 3.26. The third-order valence-corrected chi connectivity index (χ3v) is 7.60. The van der Waals surface area contributed by atoms with Gasteiger partial charge in [-0.1, -0.05) is 6.07 Å². The van der Waals surface area contributed by atoms with Gasteiger partial charge in [0, 0.05) is 56.0 Å². The second kappa shape index (κ2) is 10.1. The fraction of sp³-hybridized carbons (Fsp3) is 0.387. The standard InChI is InChI=1S/C31H32F3N5O2/c1-17-11-18(13-19(32)12-17)21-16-35-24-7-10-39-26-15-23(34)22(33)14-25(26)37-29(39)27(24)28(21)38-8-5-20(6-9-38)36-30(40)41-31(2,3)4/h11-16,20H,5-10H2,1-4H3,(H,36,40). The Labute approximate surface area is 236 Å². The number of halogens is 3. The SMILES string of the molecule is Cc1cc(F)cc(-c2cnc3c(c2N2CCC(NC(=O)OC(C)(C)C)CC2)-c2nc4cc(F)c(F)cc4n2CC3)c1. The molecule has 0 radical (unpaired) electrons. The topological polar surface area (TPSA) is 72.3 Å². The molecule has 0 atom stereocenters. The van der Waals surface area contributed by atoms with Gasteiger partial charge in [0.2, 0.25) is 0 Å². The van der Waals surface area contributed by atoms with Gasteiger partial charge in [-0.25, -0.2) is 22.9 Å². The molecule has 10 heteroatoms. The number of carbonyl (C=O) groups excluding carboxylic acids is 1. The number of hydrogen-bond acceptors (Lipinski definition) is 5. The van der Waals surface area contributed by atoms with Crippen LogP contribution in [0, 0.1) is 24.4 Å². The fourth-order valence-electron chi connectivity index (χ4n) is 5.87. The van der Waals surface area contributed by atoms with Crippen molar-refractivity contribution in [3.63, 3.8) is 0 Å². The minimum absolute atomic E-state index is 0.0610. The molecule has 6 rings (SSSR count). The zero-order valence-electron chi connectivity index (χ0n) is 23.5. The first-order valence-corrected chi connectivity index (χ1v) is 13.9. The van der Waals surface area contributed by atoms with Crippen LogP contribution in [0.1, 0.15) is 44.9 Å². The summed E-state index contributed by atoms with van der Waals surface area (Å²) < 4.78 is 50.3. The molecule has 0 saturated carbocycles. The van der Waals surface area contributed by atoms with E-state index in [0.29, 0.717) is 61.3 Å². The number of nitrogens with one attached hydrogen (secondary N) is 1. The van der Waals surface area contributed by atoms with E-state index < -0.39 is 23.3 Å². The van der Waals surface area contributed by atoms with Gasteiger partial charge >= 0.3 is 6.09 Å². The highest BCUT2D eigenvalue weighted by Gasteiger charge is 2.32. The van der Waals surface area contributed by atoms with Crippen LogP contribution in [-0.4, -0.2) is 45.4 Å². The van der Waals surface area contributed by atoms with Crippen LogP contribution in [0.15, 0.2) is 36.5 Å². The van der Waals surface area contributed by atoms with Crippen molar-refractivity contribution in [3.05, 3.63) is 65.2 Å². The molecule has 0 aliphatic carbocycles. The Hall–Kier alpha value is -4.08. The number of ether oxygens (including phenoxy) is 1. The maximum Gasteiger partial charge on any atom is 0.407 e. The maximum absolute atomic E-state index is 14.6. The van der Waals surface area contributed by atoms with Crippen LogP contribution < -0.4 is 10.2 Å². The lowest BCUT2D eigenvalue weighted by molar-refractivity contribution is 0.0497. The van der Waals surface area contributed by atoms with Gasteiger partial charge in [-0.05, 0) is 63.8 Å². The van der Waals surface area contributed by atoms with Crippen molar-refractivity contribution in [2.75, 3.05) is 18.0 Å². The first-order valence-electron chi connectivity index (χ1n) is 13.9. The molecule has 4 heterocycles. The highest BCUT2D eigenvalue weighted by atomic mass is 19.2. The lowest BCUT2D eigenvalue weighted by atomic mass is 9.94. The zero-order chi connectivity index (χ0) is 29.1. The lowest BCUT2D eigenvalue weighted by Crippen LogP contribution is -2.46. The Bertz CT molecular complexity index is 1650. The monoisotopic (exact) mass is 563 g/mol. The van der Waals surface area contributed by atoms with Gasteiger partial charge in [0.25, 0.3) is 0 Å². The minimum Gasteiger partial charge on any atom is -0.444 e. The molecular formula is C31H32F3N5O2. The summed E-state index contributed by atoms with van der Waals surface area (Å²) in [6, 6.07) is 7.14. The molecule has 2 aliphatic heterocycles. The molecule has 0 bridgehead atoms. The van der Waals surface area contributed by atoms with Gasteiger partial charge in [-0.2, -0.15) is 0 Å². The number of alkyl carbamates (subject to hydrolysis) is 1. The van der Waals surface area contributed by atoms with Crippen LogP contribution in [0.2, 0.25) is 0 Å². The number of aryl methyl sites for hydroxylation is 3. The molecule has 0 unspecified atom stereocenters. The Morgan fingerprint density at radius 2 is 1.76 bits per heavy atom. The van der Waals surface area contributed by atoms with Crippen molar-refractivity contribution in [2.24, 2.45) is 0 Å². The van der Waals surface area contributed by atoms with Crippen molar-refractivity contribution < 1.29 is 22.7 Å². The van der Waals surface area contributed by atoms with Crippen LogP contribution >= 0.6 is 0 Å². The number of imidazole rings is 1. The number of carbonyl (C=O) groups is 1. The number of aromatic nitrogens is 3. The highest BCUT2D eigenvalue weighted by Crippen LogP contribution is 2.45. The van der Waals surface area contributed by atoms with Gasteiger partial charge in [0.15, 0.2) is 11.6 Å². The molecule has 214 valence electrons. The number of nitrogens with zero attached hydrogens (tertiary/aromatic N) is 4. The fourth-order valence-corrected chi connectivity index (χ4v) is 5.87. The molecule has 1 amide bonds. The van der Waals surface area contributed by atoms with Gasteiger partial charge in [0.1, 0.15) is 17.2 Å². The predicted octanol–water partition coefficient (Wildman–Crippen LogP) is 6.54. The minimum atomic E-state index is -0.949. The molecule has 4 aromatic rings. The molecule has 2 aromatic heterocycles. The summed E-state index contributed by atoms with van der Waals surface area (Å²) in [5, 5.41) is 2.98. The van der Waals surface area contributed by atoms with Crippen LogP contribution in [0.4, 0.5) is 23.7 Å². The second-order valence-electron chi connectivity index (χ2n) is 11.9. The second-order valence-corrected chi connectivity index (χ2v) is 11.9. The molecule has 7 nitrogen and oxygen atoms in total. The Balaban J connectivity index is 1.44. The summed E-state index contributed by atoms with van der Waals surface area (Å²) in [7, 11) is 0. The van der Waals surface area contributed by atoms with Crippen molar-refractivity contribution >= 4 is 22.8 Å². The molecule has 1 fully saturated rings. The van der Waals surface area contributed by atoms with E-state index in [4.69, 9.17) is 14.7 Å². The Morgan fingerprint density at radius 1 is 1.02 bits per heavy atom. The summed E-state index contributed by atoms with van der Waals surface area (Å²) in [5.41, 5.74) is 4.98. The van der Waals surface area contributed by atoms with E-state index in [1.54, 1.807) is 6.20 Å². The predicted molar refractivity (Wildman–Crippen MR) is 151 cm³/mol. The quantitative estimate of drug-likeness (QED) is 0.307. The van der Waals surface area contributed by atoms with Crippen molar-refractivity contribution in [2.45, 2.75) is 65.1 Å². The van der Waals surface area contributed by atoms with E-state index >= 15 is 0 Å². The number of rotatable bonds is 3. The Kier molecular flexibility index (Phi) is 6.66. The van der Waals surface area contributed by atoms with Crippen LogP contribution in [0.25, 0.3) is 33.5 Å². The van der Waals surface area contributed by atoms with E-state index in [-0.39, 0.29) is 11.9 Å². The van der Waals surface area contributed by atoms with Crippen LogP contribution in [-0.2, 0) is 17.7 Å². The van der Waals surface area contributed by atoms with E-state index in [0.717, 1.165) is 34.1 Å². The van der Waals surface area contributed by atoms with E-state index in [1.807, 2.05) is 38.3 Å². The van der Waals surface area contributed by atoms with Crippen molar-refractivity contribution in [1.82, 2.24) is 19.9 Å². The zero-order valence-corrected chi connectivity index (χ0v) is 23.5. The number of benzene rings is 2. The molecule has 1 N–H and O–H groups in total. The number of fused-ring (bicyclic) bond motifs is 5. The number of amides is 1. The normalized spacial score (nSPS) is 15.5. The van der Waals surface area contributed by atoms with Gasteiger partial charge in [-0.15, -0.1) is 0 Å². The van der Waals surface area contributed by atoms with Crippen LogP contribution in [0.5, 0.6) is 0 Å². The largest absolute Gasteiger partial charge is 0.444 e. The smallest absolute Gasteiger partial charge is 0.407 e. The molecule has 2 aliphatic rings. The third-order valence-electron chi connectivity index (χ3n) is 7.60. The van der Waals surface area contributed by atoms with Crippen LogP contribution in [0.3, 0.4) is 0 Å².